The summed E-state index contributed by atoms with van der Waals surface area (Å²) in [6.45, 7) is 7.15. The second kappa shape index (κ2) is 7.41. The normalized spacial score (nSPS) is 12.6. The van der Waals surface area contributed by atoms with Gasteiger partial charge in [-0.25, -0.2) is 4.39 Å². The molecule has 3 heteroatoms. The minimum Gasteiger partial charge on any atom is -0.464 e. The first-order chi connectivity index (χ1) is 10.1. The van der Waals surface area contributed by atoms with Crippen LogP contribution in [0.15, 0.2) is 34.7 Å². The van der Waals surface area contributed by atoms with Gasteiger partial charge in [0.2, 0.25) is 0 Å². The first-order valence-electron chi connectivity index (χ1n) is 7.71. The molecule has 2 rings (SSSR count). The molecule has 0 saturated heterocycles. The molecule has 0 spiro atoms. The number of benzene rings is 1. The highest BCUT2D eigenvalue weighted by Crippen LogP contribution is 2.23. The molecule has 1 aromatic carbocycles. The van der Waals surface area contributed by atoms with Crippen LogP contribution >= 0.6 is 0 Å². The average Bonchev–Trinajstić information content (AvgIpc) is 2.95. The third-order valence-corrected chi connectivity index (χ3v) is 3.75. The summed E-state index contributed by atoms with van der Waals surface area (Å²) in [7, 11) is 0. The van der Waals surface area contributed by atoms with Gasteiger partial charge in [-0.15, -0.1) is 0 Å². The van der Waals surface area contributed by atoms with Crippen molar-refractivity contribution in [2.75, 3.05) is 6.54 Å². The summed E-state index contributed by atoms with van der Waals surface area (Å²) >= 11 is 0. The van der Waals surface area contributed by atoms with Crippen LogP contribution in [0.1, 0.15) is 49.0 Å². The van der Waals surface area contributed by atoms with Gasteiger partial charge in [0, 0.05) is 6.42 Å². The summed E-state index contributed by atoms with van der Waals surface area (Å²) in [5, 5.41) is 3.50. The number of furan rings is 1. The Morgan fingerprint density at radius 3 is 2.67 bits per heavy atom. The van der Waals surface area contributed by atoms with Crippen molar-refractivity contribution in [3.05, 3.63) is 58.8 Å². The molecule has 0 saturated carbocycles. The third kappa shape index (κ3) is 4.18. The molecule has 2 aromatic rings. The van der Waals surface area contributed by atoms with E-state index >= 15 is 0 Å². The quantitative estimate of drug-likeness (QED) is 0.807. The lowest BCUT2D eigenvalue weighted by atomic mass is 9.99. The van der Waals surface area contributed by atoms with Crippen LogP contribution in [0.25, 0.3) is 0 Å². The van der Waals surface area contributed by atoms with Crippen LogP contribution in [-0.4, -0.2) is 6.54 Å². The molecule has 1 N–H and O–H groups in total. The molecular formula is C18H24FNO. The Kier molecular flexibility index (Phi) is 5.57. The largest absolute Gasteiger partial charge is 0.464 e. The van der Waals surface area contributed by atoms with Crippen molar-refractivity contribution in [2.45, 2.75) is 46.1 Å². The van der Waals surface area contributed by atoms with E-state index in [9.17, 15) is 4.39 Å². The maximum Gasteiger partial charge on any atom is 0.123 e. The molecule has 0 aliphatic carbocycles. The number of hydrogen-bond donors (Lipinski definition) is 1. The molecule has 0 fully saturated rings. The van der Waals surface area contributed by atoms with E-state index in [1.165, 1.54) is 6.07 Å². The average molecular weight is 289 g/mol. The predicted octanol–water partition coefficient (Wildman–Crippen LogP) is 4.57. The summed E-state index contributed by atoms with van der Waals surface area (Å²) in [6, 6.07) is 9.11. The molecule has 1 unspecified atom stereocenters. The highest BCUT2D eigenvalue weighted by Gasteiger charge is 2.17. The Morgan fingerprint density at radius 1 is 1.19 bits per heavy atom. The van der Waals surface area contributed by atoms with Gasteiger partial charge in [0.15, 0.2) is 0 Å². The van der Waals surface area contributed by atoms with Gasteiger partial charge in [-0.2, -0.15) is 0 Å². The Bertz CT molecular complexity index is 576. The van der Waals surface area contributed by atoms with Gasteiger partial charge in [0.25, 0.3) is 0 Å². The highest BCUT2D eigenvalue weighted by atomic mass is 19.1. The standard InChI is InChI=1S/C18H24FNO/c1-4-10-20-17(18-9-8-16(5-2)21-18)12-14-11-15(19)7-6-13(14)3/h6-9,11,17,20H,4-5,10,12H2,1-3H3. The fourth-order valence-corrected chi connectivity index (χ4v) is 2.44. The predicted molar refractivity (Wildman–Crippen MR) is 84.0 cm³/mol. The first-order valence-corrected chi connectivity index (χ1v) is 7.71. The zero-order valence-corrected chi connectivity index (χ0v) is 13.1. The molecule has 2 nitrogen and oxygen atoms in total. The van der Waals surface area contributed by atoms with Crippen molar-refractivity contribution < 1.29 is 8.81 Å². The minimum atomic E-state index is -0.182. The van der Waals surface area contributed by atoms with Crippen LogP contribution in [-0.2, 0) is 12.8 Å². The molecule has 0 radical (unpaired) electrons. The number of hydrogen-bond acceptors (Lipinski definition) is 2. The number of halogens is 1. The van der Waals surface area contributed by atoms with Crippen molar-refractivity contribution >= 4 is 0 Å². The number of aryl methyl sites for hydroxylation is 2. The summed E-state index contributed by atoms with van der Waals surface area (Å²) in [6.07, 6.45) is 2.68. The van der Waals surface area contributed by atoms with Gasteiger partial charge in [0.05, 0.1) is 6.04 Å². The van der Waals surface area contributed by atoms with E-state index < -0.39 is 0 Å². The molecule has 0 aliphatic rings. The summed E-state index contributed by atoms with van der Waals surface area (Å²) in [4.78, 5) is 0. The fourth-order valence-electron chi connectivity index (χ4n) is 2.44. The molecule has 1 aromatic heterocycles. The van der Waals surface area contributed by atoms with Crippen LogP contribution < -0.4 is 5.32 Å². The maximum atomic E-state index is 13.5. The van der Waals surface area contributed by atoms with E-state index in [1.807, 2.05) is 25.1 Å². The molecule has 1 heterocycles. The van der Waals surface area contributed by atoms with E-state index in [0.29, 0.717) is 0 Å². The molecule has 0 bridgehead atoms. The lowest BCUT2D eigenvalue weighted by Crippen LogP contribution is -2.24. The Labute approximate surface area is 126 Å². The van der Waals surface area contributed by atoms with Crippen molar-refractivity contribution in [2.24, 2.45) is 0 Å². The highest BCUT2D eigenvalue weighted by molar-refractivity contribution is 5.28. The molecule has 1 atom stereocenters. The van der Waals surface area contributed by atoms with Gasteiger partial charge in [-0.05, 0) is 61.7 Å². The summed E-state index contributed by atoms with van der Waals surface area (Å²) in [5.74, 6) is 1.74. The van der Waals surface area contributed by atoms with Crippen LogP contribution in [0, 0.1) is 12.7 Å². The number of rotatable bonds is 7. The van der Waals surface area contributed by atoms with Crippen molar-refractivity contribution in [1.82, 2.24) is 5.32 Å². The van der Waals surface area contributed by atoms with E-state index in [4.69, 9.17) is 4.42 Å². The van der Waals surface area contributed by atoms with Crippen molar-refractivity contribution in [3.63, 3.8) is 0 Å². The SMILES string of the molecule is CCCNC(Cc1cc(F)ccc1C)c1ccc(CC)o1. The zero-order chi connectivity index (χ0) is 15.2. The monoisotopic (exact) mass is 289 g/mol. The lowest BCUT2D eigenvalue weighted by Gasteiger charge is -2.18. The topological polar surface area (TPSA) is 25.2 Å². The zero-order valence-electron chi connectivity index (χ0n) is 13.1. The van der Waals surface area contributed by atoms with Gasteiger partial charge < -0.3 is 9.73 Å². The number of nitrogens with one attached hydrogen (secondary N) is 1. The second-order valence-electron chi connectivity index (χ2n) is 5.44. The second-order valence-corrected chi connectivity index (χ2v) is 5.44. The summed E-state index contributed by atoms with van der Waals surface area (Å²) < 4.78 is 19.3. The lowest BCUT2D eigenvalue weighted by molar-refractivity contribution is 0.391. The van der Waals surface area contributed by atoms with Crippen LogP contribution in [0.2, 0.25) is 0 Å². The van der Waals surface area contributed by atoms with Crippen LogP contribution in [0.5, 0.6) is 0 Å². The Morgan fingerprint density at radius 2 is 2.00 bits per heavy atom. The summed E-state index contributed by atoms with van der Waals surface area (Å²) in [5.41, 5.74) is 2.14. The van der Waals surface area contributed by atoms with E-state index in [0.717, 1.165) is 48.5 Å². The maximum absolute atomic E-state index is 13.5. The molecule has 114 valence electrons. The molecule has 21 heavy (non-hydrogen) atoms. The smallest absolute Gasteiger partial charge is 0.123 e. The molecular weight excluding hydrogens is 265 g/mol. The van der Waals surface area contributed by atoms with Crippen LogP contribution in [0.4, 0.5) is 4.39 Å². The molecule has 0 amide bonds. The Hall–Kier alpha value is -1.61. The van der Waals surface area contributed by atoms with Gasteiger partial charge in [0.1, 0.15) is 17.3 Å². The minimum absolute atomic E-state index is 0.0887. The molecule has 0 aliphatic heterocycles. The van der Waals surface area contributed by atoms with Gasteiger partial charge in [-0.1, -0.05) is 19.9 Å². The van der Waals surface area contributed by atoms with Crippen molar-refractivity contribution in [3.8, 4) is 0 Å². The third-order valence-electron chi connectivity index (χ3n) is 3.75. The van der Waals surface area contributed by atoms with Gasteiger partial charge >= 0.3 is 0 Å². The van der Waals surface area contributed by atoms with Gasteiger partial charge in [-0.3, -0.25) is 0 Å². The van der Waals surface area contributed by atoms with E-state index in [-0.39, 0.29) is 11.9 Å². The first kappa shape index (κ1) is 15.8. The van der Waals surface area contributed by atoms with E-state index in [1.54, 1.807) is 6.07 Å². The van der Waals surface area contributed by atoms with Crippen molar-refractivity contribution in [1.29, 1.82) is 0 Å². The van der Waals surface area contributed by atoms with Crippen LogP contribution in [0.3, 0.4) is 0 Å². The fraction of sp³-hybridized carbons (Fsp3) is 0.444. The van der Waals surface area contributed by atoms with E-state index in [2.05, 4.69) is 19.2 Å². The Balaban J connectivity index is 2.21.